The van der Waals surface area contributed by atoms with Gasteiger partial charge < -0.3 is 5.32 Å². The van der Waals surface area contributed by atoms with Crippen molar-refractivity contribution in [2.45, 2.75) is 19.3 Å². The molecule has 1 aliphatic rings. The van der Waals surface area contributed by atoms with Crippen LogP contribution in [0, 0.1) is 11.6 Å². The molecule has 0 bridgehead atoms. The maximum atomic E-state index is 14.0. The molecule has 0 fully saturated rings. The Balaban J connectivity index is 1.53. The molecule has 1 aliphatic carbocycles. The number of pyridine rings is 1. The Morgan fingerprint density at radius 1 is 0.935 bits per heavy atom. The number of amides is 1. The summed E-state index contributed by atoms with van der Waals surface area (Å²) < 4.78 is 27.9. The lowest BCUT2D eigenvalue weighted by molar-refractivity contribution is 0.102. The molecule has 0 aliphatic heterocycles. The zero-order valence-corrected chi connectivity index (χ0v) is 17.3. The Labute approximate surface area is 182 Å². The molecule has 0 radical (unpaired) electrons. The number of anilines is 1. The van der Waals surface area contributed by atoms with E-state index in [1.807, 2.05) is 24.4 Å². The fraction of sp³-hybridized carbons (Fsp3) is 0.120. The second kappa shape index (κ2) is 8.04. The van der Waals surface area contributed by atoms with Gasteiger partial charge in [-0.15, -0.1) is 11.3 Å². The molecule has 154 valence electrons. The molecule has 1 N–H and O–H groups in total. The minimum Gasteiger partial charge on any atom is -0.316 e. The molecule has 4 aromatic rings. The van der Waals surface area contributed by atoms with Crippen molar-refractivity contribution >= 4 is 22.9 Å². The van der Waals surface area contributed by atoms with Crippen LogP contribution in [0.1, 0.15) is 26.5 Å². The van der Waals surface area contributed by atoms with Crippen LogP contribution in [0.3, 0.4) is 0 Å². The molecular weight excluding hydrogens is 414 g/mol. The van der Waals surface area contributed by atoms with Crippen LogP contribution in [0.5, 0.6) is 0 Å². The van der Waals surface area contributed by atoms with Crippen LogP contribution < -0.4 is 5.32 Å². The first-order valence-electron chi connectivity index (χ1n) is 10.0. The number of hydrogen-bond donors (Lipinski definition) is 1. The van der Waals surface area contributed by atoms with Gasteiger partial charge in [-0.1, -0.05) is 24.3 Å². The maximum Gasteiger partial charge on any atom is 0.265 e. The highest BCUT2D eigenvalue weighted by molar-refractivity contribution is 7.14. The van der Waals surface area contributed by atoms with Gasteiger partial charge in [-0.05, 0) is 71.8 Å². The van der Waals surface area contributed by atoms with Gasteiger partial charge in [0.15, 0.2) is 0 Å². The van der Waals surface area contributed by atoms with Gasteiger partial charge in [0.05, 0.1) is 4.88 Å². The zero-order valence-electron chi connectivity index (χ0n) is 16.5. The number of nitrogens with one attached hydrogen (secondary N) is 1. The Bertz CT molecular complexity index is 1260. The number of aryl methyl sites for hydroxylation is 2. The van der Waals surface area contributed by atoms with Gasteiger partial charge in [0.1, 0.15) is 17.3 Å². The van der Waals surface area contributed by atoms with Crippen molar-refractivity contribution in [3.05, 3.63) is 93.9 Å². The Kier molecular flexibility index (Phi) is 5.08. The molecule has 0 spiro atoms. The molecule has 3 nitrogen and oxygen atoms in total. The van der Waals surface area contributed by atoms with Crippen LogP contribution in [-0.2, 0) is 12.8 Å². The van der Waals surface area contributed by atoms with Gasteiger partial charge in [0.25, 0.3) is 5.91 Å². The second-order valence-electron chi connectivity index (χ2n) is 7.47. The van der Waals surface area contributed by atoms with E-state index in [1.54, 1.807) is 6.20 Å². The van der Waals surface area contributed by atoms with Crippen LogP contribution in [0.15, 0.2) is 67.0 Å². The summed E-state index contributed by atoms with van der Waals surface area (Å²) in [6.45, 7) is 0. The van der Waals surface area contributed by atoms with Crippen molar-refractivity contribution in [1.82, 2.24) is 4.98 Å². The Hall–Kier alpha value is -3.38. The molecule has 0 saturated carbocycles. The van der Waals surface area contributed by atoms with Crippen LogP contribution in [-0.4, -0.2) is 10.9 Å². The average molecular weight is 432 g/mol. The quantitative estimate of drug-likeness (QED) is 0.402. The van der Waals surface area contributed by atoms with E-state index in [2.05, 4.69) is 28.5 Å². The largest absolute Gasteiger partial charge is 0.316 e. The lowest BCUT2D eigenvalue weighted by atomic mass is 9.95. The lowest BCUT2D eigenvalue weighted by Crippen LogP contribution is -2.12. The molecule has 5 rings (SSSR count). The van der Waals surface area contributed by atoms with Crippen molar-refractivity contribution in [3.63, 3.8) is 0 Å². The highest BCUT2D eigenvalue weighted by Gasteiger charge is 2.22. The third-order valence-electron chi connectivity index (χ3n) is 5.48. The normalized spacial score (nSPS) is 12.6. The van der Waals surface area contributed by atoms with Crippen molar-refractivity contribution in [2.24, 2.45) is 0 Å². The lowest BCUT2D eigenvalue weighted by Gasteiger charge is -2.10. The maximum absolute atomic E-state index is 14.0. The summed E-state index contributed by atoms with van der Waals surface area (Å²) in [5.74, 6) is -2.09. The van der Waals surface area contributed by atoms with Crippen LogP contribution >= 0.6 is 11.3 Å². The number of aromatic nitrogens is 1. The van der Waals surface area contributed by atoms with Crippen LogP contribution in [0.2, 0.25) is 0 Å². The van der Waals surface area contributed by atoms with Crippen LogP contribution in [0.4, 0.5) is 14.5 Å². The monoisotopic (exact) mass is 432 g/mol. The number of fused-ring (bicyclic) bond motifs is 3. The first-order chi connectivity index (χ1) is 15.1. The number of rotatable bonds is 3. The number of nitrogens with zero attached hydrogens (tertiary/aromatic N) is 1. The van der Waals surface area contributed by atoms with E-state index < -0.39 is 23.2 Å². The van der Waals surface area contributed by atoms with Gasteiger partial charge in [-0.25, -0.2) is 8.78 Å². The fourth-order valence-corrected chi connectivity index (χ4v) is 5.06. The number of para-hydroxylation sites is 1. The molecule has 1 amide bonds. The second-order valence-corrected chi connectivity index (χ2v) is 8.60. The summed E-state index contributed by atoms with van der Waals surface area (Å²) in [7, 11) is 0. The van der Waals surface area contributed by atoms with E-state index in [0.717, 1.165) is 58.5 Å². The van der Waals surface area contributed by atoms with E-state index in [1.165, 1.54) is 23.0 Å². The number of halogens is 2. The van der Waals surface area contributed by atoms with E-state index in [0.29, 0.717) is 4.88 Å². The highest BCUT2D eigenvalue weighted by Crippen LogP contribution is 2.40. The third-order valence-corrected chi connectivity index (χ3v) is 6.67. The summed E-state index contributed by atoms with van der Waals surface area (Å²) in [6.07, 6.45) is 6.38. The molecule has 31 heavy (non-hydrogen) atoms. The third kappa shape index (κ3) is 3.75. The van der Waals surface area contributed by atoms with E-state index in [4.69, 9.17) is 0 Å². The topological polar surface area (TPSA) is 42.0 Å². The van der Waals surface area contributed by atoms with Gasteiger partial charge >= 0.3 is 0 Å². The van der Waals surface area contributed by atoms with Crippen molar-refractivity contribution in [1.29, 1.82) is 0 Å². The molecule has 0 saturated heterocycles. The molecule has 6 heteroatoms. The number of benzene rings is 2. The van der Waals surface area contributed by atoms with Crippen LogP contribution in [0.25, 0.3) is 22.3 Å². The number of hydrogen-bond acceptors (Lipinski definition) is 3. The summed E-state index contributed by atoms with van der Waals surface area (Å²) >= 11 is 1.38. The number of thiophene rings is 1. The standard InChI is InChI=1S/C25H18F2N2OS/c26-20-6-2-7-21(27)24(20)29-25(30)23-13-19-18-12-16(17-5-3-11-28-14-17)10-9-15(18)4-1-8-22(19)31-23/h2-3,5-7,9-14H,1,4,8H2,(H,29,30). The van der Waals surface area contributed by atoms with E-state index in [-0.39, 0.29) is 0 Å². The first kappa shape index (κ1) is 19.6. The molecule has 0 atom stereocenters. The molecule has 2 aromatic heterocycles. The zero-order chi connectivity index (χ0) is 21.4. The van der Waals surface area contributed by atoms with Crippen molar-refractivity contribution in [2.75, 3.05) is 5.32 Å². The van der Waals surface area contributed by atoms with Crippen molar-refractivity contribution < 1.29 is 13.6 Å². The summed E-state index contributed by atoms with van der Waals surface area (Å²) in [6, 6.07) is 15.7. The number of carbonyl (C=O) groups excluding carboxylic acids is 1. The van der Waals surface area contributed by atoms with Crippen molar-refractivity contribution in [3.8, 4) is 22.3 Å². The summed E-state index contributed by atoms with van der Waals surface area (Å²) in [4.78, 5) is 18.5. The minimum atomic E-state index is -0.794. The predicted molar refractivity (Wildman–Crippen MR) is 119 cm³/mol. The van der Waals surface area contributed by atoms with Gasteiger partial charge in [-0.2, -0.15) is 0 Å². The highest BCUT2D eigenvalue weighted by atomic mass is 32.1. The minimum absolute atomic E-state index is 0.421. The summed E-state index contributed by atoms with van der Waals surface area (Å²) in [5.41, 5.74) is 5.01. The predicted octanol–water partition coefficient (Wildman–Crippen LogP) is 6.50. The fourth-order valence-electron chi connectivity index (χ4n) is 3.94. The Morgan fingerprint density at radius 2 is 1.77 bits per heavy atom. The Morgan fingerprint density at radius 3 is 2.55 bits per heavy atom. The molecule has 2 aromatic carbocycles. The van der Waals surface area contributed by atoms with Gasteiger partial charge in [0, 0.05) is 22.8 Å². The van der Waals surface area contributed by atoms with Gasteiger partial charge in [-0.3, -0.25) is 9.78 Å². The molecular formula is C25H18F2N2OS. The van der Waals surface area contributed by atoms with Gasteiger partial charge in [0.2, 0.25) is 0 Å². The average Bonchev–Trinajstić information content (AvgIpc) is 3.14. The smallest absolute Gasteiger partial charge is 0.265 e. The number of carbonyl (C=O) groups is 1. The van der Waals surface area contributed by atoms with E-state index in [9.17, 15) is 13.6 Å². The van der Waals surface area contributed by atoms with E-state index >= 15 is 0 Å². The summed E-state index contributed by atoms with van der Waals surface area (Å²) in [5, 5.41) is 2.39. The molecule has 0 unspecified atom stereocenters. The SMILES string of the molecule is O=C(Nc1c(F)cccc1F)c1cc2c(s1)CCCc1ccc(-c3cccnc3)cc1-2. The first-order valence-corrected chi connectivity index (χ1v) is 10.8. The molecule has 2 heterocycles.